The molecule has 1 N–H and O–H groups in total. The summed E-state index contributed by atoms with van der Waals surface area (Å²) < 4.78 is 2.11. The Labute approximate surface area is 118 Å². The number of nitrogens with zero attached hydrogens (tertiary/aromatic N) is 2. The molecule has 3 nitrogen and oxygen atoms in total. The number of unbranched alkanes of at least 4 members (excludes halogenated alkanes) is 3. The summed E-state index contributed by atoms with van der Waals surface area (Å²) in [6.45, 7) is 9.77. The Kier molecular flexibility index (Phi) is 10.1. The lowest BCUT2D eigenvalue weighted by atomic mass is 10.2. The third-order valence-electron chi connectivity index (χ3n) is 2.86. The summed E-state index contributed by atoms with van der Waals surface area (Å²) in [5.74, 6) is 0.651. The first-order valence-corrected chi connectivity index (χ1v) is 6.95. The molecule has 1 aromatic rings. The Bertz CT molecular complexity index is 297. The smallest absolute Gasteiger partial charge is 0.0522 e. The molecular weight excluding hydrogens is 246 g/mol. The molecule has 4 heteroatoms. The summed E-state index contributed by atoms with van der Waals surface area (Å²) in [7, 11) is 0. The molecule has 0 unspecified atom stereocenters. The summed E-state index contributed by atoms with van der Waals surface area (Å²) in [4.78, 5) is 0. The number of rotatable bonds is 9. The van der Waals surface area contributed by atoms with Gasteiger partial charge in [0.2, 0.25) is 0 Å². The molecule has 0 saturated carbocycles. The second-order valence-electron chi connectivity index (χ2n) is 5.14. The van der Waals surface area contributed by atoms with Crippen molar-refractivity contribution in [3.63, 3.8) is 0 Å². The van der Waals surface area contributed by atoms with Crippen LogP contribution in [0.25, 0.3) is 0 Å². The average molecular weight is 274 g/mol. The minimum absolute atomic E-state index is 0. The summed E-state index contributed by atoms with van der Waals surface area (Å²) in [6, 6.07) is 2.11. The van der Waals surface area contributed by atoms with Crippen LogP contribution in [0.3, 0.4) is 0 Å². The molecule has 1 aromatic heterocycles. The van der Waals surface area contributed by atoms with E-state index in [0.717, 1.165) is 19.6 Å². The number of nitrogens with one attached hydrogen (secondary N) is 1. The van der Waals surface area contributed by atoms with Gasteiger partial charge in [0.25, 0.3) is 0 Å². The lowest BCUT2D eigenvalue weighted by molar-refractivity contribution is 0.459. The second-order valence-corrected chi connectivity index (χ2v) is 5.14. The highest BCUT2D eigenvalue weighted by Crippen LogP contribution is 2.04. The Hall–Kier alpha value is -0.540. The summed E-state index contributed by atoms with van der Waals surface area (Å²) in [5, 5.41) is 7.86. The number of halogens is 1. The molecule has 0 aliphatic carbocycles. The molecule has 0 radical (unpaired) electrons. The van der Waals surface area contributed by atoms with Crippen LogP contribution in [0.4, 0.5) is 0 Å². The maximum Gasteiger partial charge on any atom is 0.0522 e. The molecule has 0 spiro atoms. The quantitative estimate of drug-likeness (QED) is 0.697. The van der Waals surface area contributed by atoms with Gasteiger partial charge in [-0.15, -0.1) is 12.4 Å². The van der Waals surface area contributed by atoms with Gasteiger partial charge in [0.15, 0.2) is 0 Å². The van der Waals surface area contributed by atoms with Gasteiger partial charge in [-0.05, 0) is 24.9 Å². The highest BCUT2D eigenvalue weighted by atomic mass is 35.5. The maximum absolute atomic E-state index is 4.36. The fourth-order valence-corrected chi connectivity index (χ4v) is 1.91. The first kappa shape index (κ1) is 17.5. The van der Waals surface area contributed by atoms with Crippen LogP contribution in [0, 0.1) is 5.92 Å². The average Bonchev–Trinajstić information content (AvgIpc) is 2.70. The van der Waals surface area contributed by atoms with Crippen LogP contribution in [-0.4, -0.2) is 16.3 Å². The van der Waals surface area contributed by atoms with Gasteiger partial charge >= 0.3 is 0 Å². The van der Waals surface area contributed by atoms with E-state index in [4.69, 9.17) is 0 Å². The predicted molar refractivity (Wildman–Crippen MR) is 80.2 cm³/mol. The van der Waals surface area contributed by atoms with Gasteiger partial charge in [0.05, 0.1) is 5.69 Å². The summed E-state index contributed by atoms with van der Waals surface area (Å²) in [5.41, 5.74) is 1.30. The molecular formula is C14H28ClN3. The standard InChI is InChI=1S/C14H27N3.ClH/c1-4-5-6-7-9-15-11-14-8-10-16-17(14)12-13(2)3;/h8,10,13,15H,4-7,9,11-12H2,1-3H3;1H. The van der Waals surface area contributed by atoms with Crippen LogP contribution in [0.2, 0.25) is 0 Å². The minimum Gasteiger partial charge on any atom is -0.311 e. The molecule has 0 fully saturated rings. The molecule has 18 heavy (non-hydrogen) atoms. The van der Waals surface area contributed by atoms with E-state index in [1.807, 2.05) is 6.20 Å². The first-order chi connectivity index (χ1) is 8.24. The van der Waals surface area contributed by atoms with Crippen LogP contribution in [0.15, 0.2) is 12.3 Å². The van der Waals surface area contributed by atoms with Gasteiger partial charge in [0, 0.05) is 19.3 Å². The monoisotopic (exact) mass is 273 g/mol. The van der Waals surface area contributed by atoms with Gasteiger partial charge in [0.1, 0.15) is 0 Å². The largest absolute Gasteiger partial charge is 0.311 e. The molecule has 0 atom stereocenters. The number of hydrogen-bond acceptors (Lipinski definition) is 2. The normalized spacial score (nSPS) is 10.7. The van der Waals surface area contributed by atoms with Crippen molar-refractivity contribution in [1.82, 2.24) is 15.1 Å². The molecule has 1 heterocycles. The van der Waals surface area contributed by atoms with E-state index in [1.165, 1.54) is 31.4 Å². The van der Waals surface area contributed by atoms with Crippen molar-refractivity contribution in [3.05, 3.63) is 18.0 Å². The summed E-state index contributed by atoms with van der Waals surface area (Å²) in [6.07, 6.45) is 7.19. The molecule has 106 valence electrons. The lowest BCUT2D eigenvalue weighted by Gasteiger charge is -2.10. The molecule has 0 aliphatic heterocycles. The molecule has 0 aromatic carbocycles. The van der Waals surface area contributed by atoms with Crippen molar-refractivity contribution in [2.24, 2.45) is 5.92 Å². The third-order valence-corrected chi connectivity index (χ3v) is 2.86. The van der Waals surface area contributed by atoms with Gasteiger partial charge in [-0.3, -0.25) is 4.68 Å². The Balaban J connectivity index is 0.00000289. The maximum atomic E-state index is 4.36. The van der Waals surface area contributed by atoms with Gasteiger partial charge in [-0.1, -0.05) is 40.0 Å². The van der Waals surface area contributed by atoms with Crippen LogP contribution in [0.1, 0.15) is 52.1 Å². The molecule has 0 bridgehead atoms. The van der Waals surface area contributed by atoms with Gasteiger partial charge in [-0.2, -0.15) is 5.10 Å². The fraction of sp³-hybridized carbons (Fsp3) is 0.786. The number of aromatic nitrogens is 2. The predicted octanol–water partition coefficient (Wildman–Crippen LogP) is 3.63. The zero-order chi connectivity index (χ0) is 12.5. The van der Waals surface area contributed by atoms with Crippen molar-refractivity contribution in [2.75, 3.05) is 6.54 Å². The Morgan fingerprint density at radius 1 is 1.28 bits per heavy atom. The highest BCUT2D eigenvalue weighted by molar-refractivity contribution is 5.85. The first-order valence-electron chi connectivity index (χ1n) is 6.95. The van der Waals surface area contributed by atoms with E-state index >= 15 is 0 Å². The molecule has 0 amide bonds. The Morgan fingerprint density at radius 2 is 2.06 bits per heavy atom. The highest BCUT2D eigenvalue weighted by Gasteiger charge is 2.03. The van der Waals surface area contributed by atoms with E-state index < -0.39 is 0 Å². The Morgan fingerprint density at radius 3 is 2.72 bits per heavy atom. The number of hydrogen-bond donors (Lipinski definition) is 1. The lowest BCUT2D eigenvalue weighted by Crippen LogP contribution is -2.19. The minimum atomic E-state index is 0. The van der Waals surface area contributed by atoms with E-state index in [9.17, 15) is 0 Å². The van der Waals surface area contributed by atoms with Crippen molar-refractivity contribution in [1.29, 1.82) is 0 Å². The molecule has 1 rings (SSSR count). The van der Waals surface area contributed by atoms with Crippen LogP contribution < -0.4 is 5.32 Å². The fourth-order valence-electron chi connectivity index (χ4n) is 1.91. The van der Waals surface area contributed by atoms with E-state index in [2.05, 4.69) is 41.9 Å². The zero-order valence-corrected chi connectivity index (χ0v) is 12.8. The van der Waals surface area contributed by atoms with Crippen LogP contribution in [-0.2, 0) is 13.1 Å². The van der Waals surface area contributed by atoms with Gasteiger partial charge < -0.3 is 5.32 Å². The molecule has 0 aliphatic rings. The van der Waals surface area contributed by atoms with Crippen molar-refractivity contribution < 1.29 is 0 Å². The summed E-state index contributed by atoms with van der Waals surface area (Å²) >= 11 is 0. The van der Waals surface area contributed by atoms with E-state index in [1.54, 1.807) is 0 Å². The van der Waals surface area contributed by atoms with E-state index in [0.29, 0.717) is 5.92 Å². The third kappa shape index (κ3) is 7.02. The zero-order valence-electron chi connectivity index (χ0n) is 12.0. The SMILES string of the molecule is CCCCCCNCc1ccnn1CC(C)C.Cl. The van der Waals surface area contributed by atoms with Crippen LogP contribution >= 0.6 is 12.4 Å². The van der Waals surface area contributed by atoms with Crippen molar-refractivity contribution >= 4 is 12.4 Å². The second kappa shape index (κ2) is 10.4. The van der Waals surface area contributed by atoms with Gasteiger partial charge in [-0.25, -0.2) is 0 Å². The van der Waals surface area contributed by atoms with Crippen LogP contribution in [0.5, 0.6) is 0 Å². The van der Waals surface area contributed by atoms with Crippen molar-refractivity contribution in [2.45, 2.75) is 59.5 Å². The topological polar surface area (TPSA) is 29.9 Å². The van der Waals surface area contributed by atoms with Crippen molar-refractivity contribution in [3.8, 4) is 0 Å². The van der Waals surface area contributed by atoms with E-state index in [-0.39, 0.29) is 12.4 Å². The molecule has 0 saturated heterocycles.